The van der Waals surface area contributed by atoms with Gasteiger partial charge in [0.15, 0.2) is 0 Å². The highest BCUT2D eigenvalue weighted by Gasteiger charge is 2.46. The van der Waals surface area contributed by atoms with Gasteiger partial charge in [-0.3, -0.25) is 14.4 Å². The summed E-state index contributed by atoms with van der Waals surface area (Å²) < 4.78 is 0. The highest BCUT2D eigenvalue weighted by Crippen LogP contribution is 2.42. The average Bonchev–Trinajstić information content (AvgIpc) is 3.48. The summed E-state index contributed by atoms with van der Waals surface area (Å²) in [6.45, 7) is 6.12. The molecule has 2 saturated heterocycles. The Kier molecular flexibility index (Phi) is 4.60. The fourth-order valence-electron chi connectivity index (χ4n) is 4.64. The molecule has 0 radical (unpaired) electrons. The Balaban J connectivity index is 1.52. The van der Waals surface area contributed by atoms with Crippen LogP contribution in [0.3, 0.4) is 0 Å². The highest BCUT2D eigenvalue weighted by molar-refractivity contribution is 5.94. The van der Waals surface area contributed by atoms with Crippen molar-refractivity contribution < 1.29 is 9.59 Å². The van der Waals surface area contributed by atoms with E-state index in [1.54, 1.807) is 6.07 Å². The standard InChI is InChI=1S/C21H29N3O3/c1-14(2)17-7-6-16(19(26)22-17)20(27)23-11-3-9-21(12-23)10-8-18(25)24(13-21)15-4-5-15/h6-7,14-15H,3-5,8-13H2,1-2H3,(H,22,26)/t21-/m0/s1. The van der Waals surface area contributed by atoms with Gasteiger partial charge in [-0.25, -0.2) is 0 Å². The molecular formula is C21H29N3O3. The number of piperidine rings is 2. The molecule has 0 bridgehead atoms. The zero-order valence-electron chi connectivity index (χ0n) is 16.3. The van der Waals surface area contributed by atoms with Gasteiger partial charge in [-0.1, -0.05) is 13.8 Å². The van der Waals surface area contributed by atoms with Crippen LogP contribution in [0, 0.1) is 5.41 Å². The monoisotopic (exact) mass is 371 g/mol. The van der Waals surface area contributed by atoms with Crippen LogP contribution in [0.5, 0.6) is 0 Å². The molecule has 6 nitrogen and oxygen atoms in total. The van der Waals surface area contributed by atoms with Gasteiger partial charge < -0.3 is 14.8 Å². The topological polar surface area (TPSA) is 73.5 Å². The van der Waals surface area contributed by atoms with E-state index in [1.165, 1.54) is 0 Å². The minimum absolute atomic E-state index is 0.00492. The Bertz CT molecular complexity index is 811. The lowest BCUT2D eigenvalue weighted by Crippen LogP contribution is -2.55. The van der Waals surface area contributed by atoms with Gasteiger partial charge in [0.25, 0.3) is 11.5 Å². The Labute approximate surface area is 159 Å². The zero-order valence-corrected chi connectivity index (χ0v) is 16.3. The maximum absolute atomic E-state index is 13.0. The molecule has 2 amide bonds. The van der Waals surface area contributed by atoms with Crippen LogP contribution in [0.25, 0.3) is 0 Å². The first-order valence-electron chi connectivity index (χ1n) is 10.2. The van der Waals surface area contributed by atoms with Crippen LogP contribution >= 0.6 is 0 Å². The maximum atomic E-state index is 13.0. The summed E-state index contributed by atoms with van der Waals surface area (Å²) in [6, 6.07) is 3.93. The van der Waals surface area contributed by atoms with Gasteiger partial charge in [-0.05, 0) is 50.2 Å². The lowest BCUT2D eigenvalue weighted by Gasteiger charge is -2.48. The van der Waals surface area contributed by atoms with Crippen LogP contribution in [0.2, 0.25) is 0 Å². The number of nitrogens with one attached hydrogen (secondary N) is 1. The Morgan fingerprint density at radius 1 is 1.19 bits per heavy atom. The first-order chi connectivity index (χ1) is 12.9. The second kappa shape index (κ2) is 6.80. The van der Waals surface area contributed by atoms with Crippen LogP contribution in [0.1, 0.15) is 74.3 Å². The van der Waals surface area contributed by atoms with Gasteiger partial charge in [0.2, 0.25) is 5.91 Å². The second-order valence-electron chi connectivity index (χ2n) is 8.89. The van der Waals surface area contributed by atoms with E-state index in [0.717, 1.165) is 44.3 Å². The smallest absolute Gasteiger partial charge is 0.261 e. The molecule has 1 N–H and O–H groups in total. The largest absolute Gasteiger partial charge is 0.339 e. The van der Waals surface area contributed by atoms with Crippen molar-refractivity contribution in [2.45, 2.75) is 64.3 Å². The molecule has 6 heteroatoms. The van der Waals surface area contributed by atoms with Crippen molar-refractivity contribution in [2.75, 3.05) is 19.6 Å². The summed E-state index contributed by atoms with van der Waals surface area (Å²) >= 11 is 0. The van der Waals surface area contributed by atoms with Gasteiger partial charge in [-0.2, -0.15) is 0 Å². The second-order valence-corrected chi connectivity index (χ2v) is 8.89. The first-order valence-corrected chi connectivity index (χ1v) is 10.2. The summed E-state index contributed by atoms with van der Waals surface area (Å²) in [5.41, 5.74) is 0.763. The van der Waals surface area contributed by atoms with Gasteiger partial charge in [0.05, 0.1) is 0 Å². The summed E-state index contributed by atoms with van der Waals surface area (Å²) in [5.74, 6) is 0.307. The molecule has 1 aliphatic carbocycles. The third-order valence-corrected chi connectivity index (χ3v) is 6.42. The van der Waals surface area contributed by atoms with E-state index in [4.69, 9.17) is 0 Å². The summed E-state index contributed by atoms with van der Waals surface area (Å²) in [6.07, 6.45) is 5.64. The van der Waals surface area contributed by atoms with Crippen molar-refractivity contribution in [3.63, 3.8) is 0 Å². The quantitative estimate of drug-likeness (QED) is 0.887. The molecule has 0 aromatic carbocycles. The normalized spacial score (nSPS) is 26.1. The van der Waals surface area contributed by atoms with E-state index < -0.39 is 0 Å². The minimum atomic E-state index is -0.302. The maximum Gasteiger partial charge on any atom is 0.261 e. The molecule has 3 heterocycles. The predicted molar refractivity (Wildman–Crippen MR) is 103 cm³/mol. The lowest BCUT2D eigenvalue weighted by molar-refractivity contribution is -0.139. The van der Waals surface area contributed by atoms with Gasteiger partial charge in [0, 0.05) is 43.2 Å². The number of amides is 2. The van der Waals surface area contributed by atoms with E-state index in [2.05, 4.69) is 9.88 Å². The van der Waals surface area contributed by atoms with E-state index in [-0.39, 0.29) is 34.3 Å². The lowest BCUT2D eigenvalue weighted by atomic mass is 9.73. The van der Waals surface area contributed by atoms with E-state index in [0.29, 0.717) is 25.6 Å². The average molecular weight is 371 g/mol. The van der Waals surface area contributed by atoms with Crippen molar-refractivity contribution in [3.05, 3.63) is 33.7 Å². The number of carbonyl (C=O) groups excluding carboxylic acids is 2. The van der Waals surface area contributed by atoms with Crippen LogP contribution in [-0.2, 0) is 4.79 Å². The molecule has 2 aliphatic heterocycles. The first kappa shape index (κ1) is 18.3. The molecular weight excluding hydrogens is 342 g/mol. The van der Waals surface area contributed by atoms with E-state index in [9.17, 15) is 14.4 Å². The highest BCUT2D eigenvalue weighted by atomic mass is 16.2. The molecule has 1 aromatic rings. The Hall–Kier alpha value is -2.11. The Morgan fingerprint density at radius 3 is 2.63 bits per heavy atom. The number of aromatic amines is 1. The number of pyridine rings is 1. The van der Waals surface area contributed by atoms with Crippen LogP contribution < -0.4 is 5.56 Å². The third kappa shape index (κ3) is 3.54. The van der Waals surface area contributed by atoms with Gasteiger partial charge in [0.1, 0.15) is 5.56 Å². The van der Waals surface area contributed by atoms with Crippen LogP contribution in [-0.4, -0.2) is 52.3 Å². The molecule has 27 heavy (non-hydrogen) atoms. The molecule has 0 unspecified atom stereocenters. The number of hydrogen-bond donors (Lipinski definition) is 1. The number of nitrogens with zero attached hydrogens (tertiary/aromatic N) is 2. The predicted octanol–water partition coefficient (Wildman–Crippen LogP) is 2.51. The zero-order chi connectivity index (χ0) is 19.2. The molecule has 4 rings (SSSR count). The van der Waals surface area contributed by atoms with Crippen LogP contribution in [0.4, 0.5) is 0 Å². The van der Waals surface area contributed by atoms with Gasteiger partial charge in [-0.15, -0.1) is 0 Å². The summed E-state index contributed by atoms with van der Waals surface area (Å²) in [5, 5.41) is 0. The van der Waals surface area contributed by atoms with E-state index >= 15 is 0 Å². The molecule has 1 spiro atoms. The number of H-pyrrole nitrogens is 1. The van der Waals surface area contributed by atoms with Crippen molar-refractivity contribution in [3.8, 4) is 0 Å². The Morgan fingerprint density at radius 2 is 1.96 bits per heavy atom. The number of likely N-dealkylation sites (tertiary alicyclic amines) is 2. The van der Waals surface area contributed by atoms with Crippen molar-refractivity contribution in [2.24, 2.45) is 5.41 Å². The molecule has 1 saturated carbocycles. The molecule has 3 fully saturated rings. The number of carbonyl (C=O) groups is 2. The summed E-state index contributed by atoms with van der Waals surface area (Å²) in [4.78, 5) is 44.5. The SMILES string of the molecule is CC(C)c1ccc(C(=O)N2CCC[C@]3(CCC(=O)N(C4CC4)C3)C2)c(=O)[nH]1. The van der Waals surface area contributed by atoms with Crippen molar-refractivity contribution in [1.82, 2.24) is 14.8 Å². The van der Waals surface area contributed by atoms with Crippen LogP contribution in [0.15, 0.2) is 16.9 Å². The van der Waals surface area contributed by atoms with Crippen molar-refractivity contribution >= 4 is 11.8 Å². The summed E-state index contributed by atoms with van der Waals surface area (Å²) in [7, 11) is 0. The number of rotatable bonds is 3. The molecule has 3 aliphatic rings. The van der Waals surface area contributed by atoms with E-state index in [1.807, 2.05) is 24.8 Å². The molecule has 1 aromatic heterocycles. The van der Waals surface area contributed by atoms with Gasteiger partial charge >= 0.3 is 0 Å². The fraction of sp³-hybridized carbons (Fsp3) is 0.667. The number of hydrogen-bond acceptors (Lipinski definition) is 3. The molecule has 146 valence electrons. The number of aromatic nitrogens is 1. The fourth-order valence-corrected chi connectivity index (χ4v) is 4.64. The van der Waals surface area contributed by atoms with Crippen molar-refractivity contribution in [1.29, 1.82) is 0 Å². The third-order valence-electron chi connectivity index (χ3n) is 6.42. The minimum Gasteiger partial charge on any atom is -0.339 e. The molecule has 1 atom stereocenters.